The van der Waals surface area contributed by atoms with Crippen LogP contribution >= 0.6 is 0 Å². The Balaban J connectivity index is 2.29. The van der Waals surface area contributed by atoms with Gasteiger partial charge in [-0.3, -0.25) is 9.78 Å². The van der Waals surface area contributed by atoms with Crippen molar-refractivity contribution in [2.75, 3.05) is 11.1 Å². The molecule has 7 nitrogen and oxygen atoms in total. The van der Waals surface area contributed by atoms with Crippen molar-refractivity contribution in [2.24, 2.45) is 0 Å². The monoisotopic (exact) mass is 272 g/mol. The Labute approximate surface area is 114 Å². The van der Waals surface area contributed by atoms with Crippen LogP contribution < -0.4 is 11.1 Å². The highest BCUT2D eigenvalue weighted by Gasteiger charge is 2.14. The standard InChI is InChI=1S/C13H12N4O3/c1-7-5-16-11(6-15-7)12(18)17-10-4-8(14)2-3-9(10)13(19)20/h2-6H,14H2,1H3,(H,17,18)(H,19,20). The molecule has 0 atom stereocenters. The minimum Gasteiger partial charge on any atom is -0.478 e. The third-order valence-electron chi connectivity index (χ3n) is 2.54. The van der Waals surface area contributed by atoms with Crippen LogP contribution in [0.4, 0.5) is 11.4 Å². The van der Waals surface area contributed by atoms with Crippen molar-refractivity contribution >= 4 is 23.3 Å². The molecule has 2 aromatic rings. The average molecular weight is 272 g/mol. The Morgan fingerprint density at radius 2 is 2.00 bits per heavy atom. The number of aromatic nitrogens is 2. The molecule has 1 heterocycles. The van der Waals surface area contributed by atoms with Crippen LogP contribution in [-0.2, 0) is 0 Å². The van der Waals surface area contributed by atoms with Gasteiger partial charge in [-0.2, -0.15) is 0 Å². The lowest BCUT2D eigenvalue weighted by atomic mass is 10.1. The molecule has 2 rings (SSSR count). The van der Waals surface area contributed by atoms with E-state index in [1.54, 1.807) is 6.92 Å². The summed E-state index contributed by atoms with van der Waals surface area (Å²) in [7, 11) is 0. The first-order valence-electron chi connectivity index (χ1n) is 5.70. The summed E-state index contributed by atoms with van der Waals surface area (Å²) in [5, 5.41) is 11.5. The largest absolute Gasteiger partial charge is 0.478 e. The summed E-state index contributed by atoms with van der Waals surface area (Å²) in [5.74, 6) is -1.71. The summed E-state index contributed by atoms with van der Waals surface area (Å²) >= 11 is 0. The summed E-state index contributed by atoms with van der Waals surface area (Å²) in [6, 6.07) is 4.15. The van der Waals surface area contributed by atoms with E-state index in [0.29, 0.717) is 11.4 Å². The van der Waals surface area contributed by atoms with E-state index < -0.39 is 11.9 Å². The molecule has 1 aromatic heterocycles. The SMILES string of the molecule is Cc1cnc(C(=O)Nc2cc(N)ccc2C(=O)O)cn1. The number of aryl methyl sites for hydroxylation is 1. The lowest BCUT2D eigenvalue weighted by molar-refractivity contribution is 0.0698. The highest BCUT2D eigenvalue weighted by molar-refractivity contribution is 6.07. The van der Waals surface area contributed by atoms with Crippen molar-refractivity contribution in [1.82, 2.24) is 9.97 Å². The van der Waals surface area contributed by atoms with Crippen LogP contribution in [0, 0.1) is 6.92 Å². The van der Waals surface area contributed by atoms with E-state index in [2.05, 4.69) is 15.3 Å². The van der Waals surface area contributed by atoms with E-state index in [1.807, 2.05) is 0 Å². The van der Waals surface area contributed by atoms with Crippen molar-refractivity contribution in [2.45, 2.75) is 6.92 Å². The van der Waals surface area contributed by atoms with Gasteiger partial charge in [0.15, 0.2) is 0 Å². The third kappa shape index (κ3) is 2.89. The predicted octanol–water partition coefficient (Wildman–Crippen LogP) is 1.32. The zero-order valence-corrected chi connectivity index (χ0v) is 10.6. The van der Waals surface area contributed by atoms with Gasteiger partial charge in [0, 0.05) is 11.9 Å². The molecule has 0 saturated carbocycles. The summed E-state index contributed by atoms with van der Waals surface area (Å²) in [5.41, 5.74) is 6.77. The number of hydrogen-bond donors (Lipinski definition) is 3. The van der Waals surface area contributed by atoms with Gasteiger partial charge < -0.3 is 16.2 Å². The molecule has 7 heteroatoms. The molecule has 0 unspecified atom stereocenters. The lowest BCUT2D eigenvalue weighted by Crippen LogP contribution is -2.16. The molecule has 20 heavy (non-hydrogen) atoms. The van der Waals surface area contributed by atoms with Crippen LogP contribution in [0.2, 0.25) is 0 Å². The molecule has 0 saturated heterocycles. The number of nitrogens with two attached hydrogens (primary N) is 1. The van der Waals surface area contributed by atoms with Gasteiger partial charge in [-0.15, -0.1) is 0 Å². The van der Waals surface area contributed by atoms with Gasteiger partial charge in [-0.25, -0.2) is 9.78 Å². The number of carboxylic acids is 1. The van der Waals surface area contributed by atoms with Gasteiger partial charge in [-0.1, -0.05) is 0 Å². The third-order valence-corrected chi connectivity index (χ3v) is 2.54. The molecule has 1 amide bonds. The Bertz CT molecular complexity index is 668. The first-order chi connectivity index (χ1) is 9.47. The fourth-order valence-corrected chi connectivity index (χ4v) is 1.55. The second-order valence-electron chi connectivity index (χ2n) is 4.11. The zero-order chi connectivity index (χ0) is 14.7. The molecule has 0 bridgehead atoms. The highest BCUT2D eigenvalue weighted by atomic mass is 16.4. The molecular formula is C13H12N4O3. The summed E-state index contributed by atoms with van der Waals surface area (Å²) < 4.78 is 0. The van der Waals surface area contributed by atoms with Gasteiger partial charge in [0.2, 0.25) is 0 Å². The number of aromatic carboxylic acids is 1. The van der Waals surface area contributed by atoms with Gasteiger partial charge in [-0.05, 0) is 25.1 Å². The number of amides is 1. The maximum Gasteiger partial charge on any atom is 0.337 e. The number of anilines is 2. The van der Waals surface area contributed by atoms with Gasteiger partial charge in [0.25, 0.3) is 5.91 Å². The Morgan fingerprint density at radius 1 is 1.25 bits per heavy atom. The van der Waals surface area contributed by atoms with E-state index in [1.165, 1.54) is 30.6 Å². The Hall–Kier alpha value is -2.96. The number of rotatable bonds is 3. The van der Waals surface area contributed by atoms with Crippen LogP contribution in [0.1, 0.15) is 26.5 Å². The van der Waals surface area contributed by atoms with Crippen LogP contribution in [0.5, 0.6) is 0 Å². The molecule has 0 aliphatic rings. The summed E-state index contributed by atoms with van der Waals surface area (Å²) in [6.45, 7) is 1.75. The van der Waals surface area contributed by atoms with Crippen molar-refractivity contribution < 1.29 is 14.7 Å². The Morgan fingerprint density at radius 3 is 2.60 bits per heavy atom. The quantitative estimate of drug-likeness (QED) is 0.725. The fraction of sp³-hybridized carbons (Fsp3) is 0.0769. The summed E-state index contributed by atoms with van der Waals surface area (Å²) in [4.78, 5) is 30.9. The second-order valence-corrected chi connectivity index (χ2v) is 4.11. The number of carbonyl (C=O) groups excluding carboxylic acids is 1. The van der Waals surface area contributed by atoms with Crippen molar-refractivity contribution in [3.05, 3.63) is 47.5 Å². The zero-order valence-electron chi connectivity index (χ0n) is 10.6. The first-order valence-corrected chi connectivity index (χ1v) is 5.70. The lowest BCUT2D eigenvalue weighted by Gasteiger charge is -2.09. The maximum absolute atomic E-state index is 12.0. The predicted molar refractivity (Wildman–Crippen MR) is 72.5 cm³/mol. The number of hydrogen-bond acceptors (Lipinski definition) is 5. The number of nitrogen functional groups attached to an aromatic ring is 1. The van der Waals surface area contributed by atoms with Crippen molar-refractivity contribution in [1.29, 1.82) is 0 Å². The molecule has 0 aliphatic heterocycles. The molecule has 0 fully saturated rings. The molecule has 0 spiro atoms. The van der Waals surface area contributed by atoms with Gasteiger partial charge >= 0.3 is 5.97 Å². The molecule has 0 aliphatic carbocycles. The number of carbonyl (C=O) groups is 2. The van der Waals surface area contributed by atoms with Crippen molar-refractivity contribution in [3.63, 3.8) is 0 Å². The van der Waals surface area contributed by atoms with Gasteiger partial charge in [0.05, 0.1) is 23.1 Å². The number of nitrogens with one attached hydrogen (secondary N) is 1. The molecule has 1 aromatic carbocycles. The van der Waals surface area contributed by atoms with Crippen LogP contribution in [0.3, 0.4) is 0 Å². The number of nitrogens with zero attached hydrogens (tertiary/aromatic N) is 2. The molecular weight excluding hydrogens is 260 g/mol. The van der Waals surface area contributed by atoms with E-state index in [4.69, 9.17) is 10.8 Å². The smallest absolute Gasteiger partial charge is 0.337 e. The van der Waals surface area contributed by atoms with Crippen molar-refractivity contribution in [3.8, 4) is 0 Å². The maximum atomic E-state index is 12.0. The Kier molecular flexibility index (Phi) is 3.60. The minimum absolute atomic E-state index is 0.0485. The minimum atomic E-state index is -1.16. The summed E-state index contributed by atoms with van der Waals surface area (Å²) in [6.07, 6.45) is 2.77. The van der Waals surface area contributed by atoms with Crippen LogP contribution in [-0.4, -0.2) is 27.0 Å². The second kappa shape index (κ2) is 5.35. The number of benzene rings is 1. The fourth-order valence-electron chi connectivity index (χ4n) is 1.55. The van der Waals surface area contributed by atoms with Gasteiger partial charge in [0.1, 0.15) is 5.69 Å². The topological polar surface area (TPSA) is 118 Å². The van der Waals surface area contributed by atoms with E-state index >= 15 is 0 Å². The van der Waals surface area contributed by atoms with E-state index in [0.717, 1.165) is 0 Å². The van der Waals surface area contributed by atoms with Crippen LogP contribution in [0.25, 0.3) is 0 Å². The normalized spacial score (nSPS) is 10.1. The highest BCUT2D eigenvalue weighted by Crippen LogP contribution is 2.19. The molecule has 102 valence electrons. The number of carboxylic acid groups (broad SMARTS) is 1. The average Bonchev–Trinajstić information content (AvgIpc) is 2.39. The van der Waals surface area contributed by atoms with E-state index in [-0.39, 0.29) is 16.9 Å². The van der Waals surface area contributed by atoms with E-state index in [9.17, 15) is 9.59 Å². The van der Waals surface area contributed by atoms with Crippen LogP contribution in [0.15, 0.2) is 30.6 Å². The first kappa shape index (κ1) is 13.5. The molecule has 4 N–H and O–H groups in total. The molecule has 0 radical (unpaired) electrons.